The Hall–Kier alpha value is -1.21. The summed E-state index contributed by atoms with van der Waals surface area (Å²) < 4.78 is 0.948. The van der Waals surface area contributed by atoms with Crippen molar-refractivity contribution >= 4 is 33.2 Å². The molecule has 0 unspecified atom stereocenters. The van der Waals surface area contributed by atoms with Gasteiger partial charge in [-0.15, -0.1) is 11.3 Å². The first-order valence-corrected chi connectivity index (χ1v) is 6.13. The minimum atomic E-state index is -0.0212. The fourth-order valence-electron chi connectivity index (χ4n) is 1.22. The zero-order valence-electron chi connectivity index (χ0n) is 8.48. The van der Waals surface area contributed by atoms with Gasteiger partial charge in [-0.05, 0) is 28.1 Å². The number of halogens is 1. The molecule has 16 heavy (non-hydrogen) atoms. The summed E-state index contributed by atoms with van der Waals surface area (Å²) in [6.07, 6.45) is 1.43. The molecule has 2 rings (SSSR count). The molecular formula is C9H9BrN4OS. The predicted molar refractivity (Wildman–Crippen MR) is 64.2 cm³/mol. The highest BCUT2D eigenvalue weighted by atomic mass is 79.9. The molecule has 0 saturated carbocycles. The van der Waals surface area contributed by atoms with E-state index in [1.54, 1.807) is 18.0 Å². The van der Waals surface area contributed by atoms with Gasteiger partial charge < -0.3 is 4.90 Å². The predicted octanol–water partition coefficient (Wildman–Crippen LogP) is 1.90. The highest BCUT2D eigenvalue weighted by Crippen LogP contribution is 2.23. The minimum absolute atomic E-state index is 0.0212. The summed E-state index contributed by atoms with van der Waals surface area (Å²) >= 11 is 4.75. The van der Waals surface area contributed by atoms with Gasteiger partial charge in [0.1, 0.15) is 12.2 Å². The Morgan fingerprint density at radius 1 is 1.62 bits per heavy atom. The Morgan fingerprint density at radius 2 is 2.44 bits per heavy atom. The maximum atomic E-state index is 11.9. The molecule has 0 radical (unpaired) electrons. The van der Waals surface area contributed by atoms with Crippen LogP contribution in [0.5, 0.6) is 0 Å². The van der Waals surface area contributed by atoms with Crippen LogP contribution < -0.4 is 0 Å². The summed E-state index contributed by atoms with van der Waals surface area (Å²) in [5.74, 6) is 0.651. The number of H-pyrrole nitrogens is 1. The van der Waals surface area contributed by atoms with Gasteiger partial charge >= 0.3 is 0 Å². The maximum Gasteiger partial charge on any atom is 0.264 e. The lowest BCUT2D eigenvalue weighted by molar-refractivity contribution is 0.0786. The average Bonchev–Trinajstić information content (AvgIpc) is 2.88. The standard InChI is InChI=1S/C9H9BrN4OS/c1-14(4-8-11-5-12-13-8)9(15)6-2-3-7(10)16-6/h2-3,5H,4H2,1H3,(H,11,12,13). The van der Waals surface area contributed by atoms with Gasteiger partial charge in [-0.25, -0.2) is 4.98 Å². The molecule has 0 fully saturated rings. The summed E-state index contributed by atoms with van der Waals surface area (Å²) in [4.78, 5) is 18.2. The molecular weight excluding hydrogens is 292 g/mol. The Balaban J connectivity index is 2.05. The zero-order valence-corrected chi connectivity index (χ0v) is 10.9. The topological polar surface area (TPSA) is 61.9 Å². The van der Waals surface area contributed by atoms with Crippen LogP contribution >= 0.6 is 27.3 Å². The van der Waals surface area contributed by atoms with Crippen molar-refractivity contribution in [3.05, 3.63) is 32.9 Å². The van der Waals surface area contributed by atoms with Crippen LogP contribution in [0.1, 0.15) is 15.5 Å². The van der Waals surface area contributed by atoms with E-state index in [-0.39, 0.29) is 5.91 Å². The third-order valence-electron chi connectivity index (χ3n) is 1.98. The number of hydrogen-bond acceptors (Lipinski definition) is 4. The van der Waals surface area contributed by atoms with E-state index < -0.39 is 0 Å². The summed E-state index contributed by atoms with van der Waals surface area (Å²) in [6.45, 7) is 0.425. The third-order valence-corrected chi connectivity index (χ3v) is 3.59. The van der Waals surface area contributed by atoms with Crippen molar-refractivity contribution in [2.75, 3.05) is 7.05 Å². The molecule has 7 heteroatoms. The molecule has 0 aromatic carbocycles. The van der Waals surface area contributed by atoms with Gasteiger partial charge in [-0.1, -0.05) is 0 Å². The summed E-state index contributed by atoms with van der Waals surface area (Å²) in [7, 11) is 1.73. The van der Waals surface area contributed by atoms with Gasteiger partial charge in [-0.3, -0.25) is 9.89 Å². The van der Waals surface area contributed by atoms with Gasteiger partial charge in [0.05, 0.1) is 15.2 Å². The van der Waals surface area contributed by atoms with Crippen molar-refractivity contribution in [1.29, 1.82) is 0 Å². The maximum absolute atomic E-state index is 11.9. The fourth-order valence-corrected chi connectivity index (χ4v) is 2.60. The lowest BCUT2D eigenvalue weighted by Gasteiger charge is -2.13. The van der Waals surface area contributed by atoms with Gasteiger partial charge in [-0.2, -0.15) is 5.10 Å². The summed E-state index contributed by atoms with van der Waals surface area (Å²) in [6, 6.07) is 3.66. The number of amides is 1. The first-order chi connectivity index (χ1) is 7.66. The van der Waals surface area contributed by atoms with Gasteiger partial charge in [0.25, 0.3) is 5.91 Å². The van der Waals surface area contributed by atoms with Crippen LogP contribution in [0.4, 0.5) is 0 Å². The summed E-state index contributed by atoms with van der Waals surface area (Å²) in [5, 5.41) is 6.45. The van der Waals surface area contributed by atoms with Crippen LogP contribution in [0, 0.1) is 0 Å². The molecule has 1 amide bonds. The monoisotopic (exact) mass is 300 g/mol. The number of rotatable bonds is 3. The van der Waals surface area contributed by atoms with Crippen LogP contribution in [0.15, 0.2) is 22.2 Å². The second kappa shape index (κ2) is 4.75. The lowest BCUT2D eigenvalue weighted by Crippen LogP contribution is -2.25. The second-order valence-corrected chi connectivity index (χ2v) is 5.66. The molecule has 84 valence electrons. The highest BCUT2D eigenvalue weighted by molar-refractivity contribution is 9.11. The molecule has 0 saturated heterocycles. The van der Waals surface area contributed by atoms with Crippen LogP contribution in [-0.2, 0) is 6.54 Å². The molecule has 0 spiro atoms. The van der Waals surface area contributed by atoms with Crippen LogP contribution in [0.25, 0.3) is 0 Å². The molecule has 0 aliphatic rings. The first-order valence-electron chi connectivity index (χ1n) is 4.52. The van der Waals surface area contributed by atoms with Crippen molar-refractivity contribution in [2.45, 2.75) is 6.54 Å². The Kier molecular flexibility index (Phi) is 3.35. The van der Waals surface area contributed by atoms with E-state index in [9.17, 15) is 4.79 Å². The molecule has 1 N–H and O–H groups in total. The number of nitrogens with zero attached hydrogens (tertiary/aromatic N) is 3. The third kappa shape index (κ3) is 2.48. The number of aromatic amines is 1. The van der Waals surface area contributed by atoms with Crippen molar-refractivity contribution < 1.29 is 4.79 Å². The number of carbonyl (C=O) groups is 1. The molecule has 0 atom stereocenters. The van der Waals surface area contributed by atoms with Crippen LogP contribution in [0.2, 0.25) is 0 Å². The van der Waals surface area contributed by atoms with E-state index >= 15 is 0 Å². The molecule has 2 aromatic rings. The highest BCUT2D eigenvalue weighted by Gasteiger charge is 2.14. The van der Waals surface area contributed by atoms with Crippen molar-refractivity contribution in [2.24, 2.45) is 0 Å². The Morgan fingerprint density at radius 3 is 3.00 bits per heavy atom. The first kappa shape index (κ1) is 11.3. The number of hydrogen-bond donors (Lipinski definition) is 1. The quantitative estimate of drug-likeness (QED) is 0.942. The van der Waals surface area contributed by atoms with E-state index in [0.717, 1.165) is 3.79 Å². The molecule has 0 aliphatic carbocycles. The van der Waals surface area contributed by atoms with E-state index in [0.29, 0.717) is 17.2 Å². The molecule has 5 nitrogen and oxygen atoms in total. The van der Waals surface area contributed by atoms with E-state index in [4.69, 9.17) is 0 Å². The molecule has 0 aliphatic heterocycles. The lowest BCUT2D eigenvalue weighted by atomic mass is 10.4. The molecule has 2 aromatic heterocycles. The average molecular weight is 301 g/mol. The van der Waals surface area contributed by atoms with Crippen molar-refractivity contribution in [3.63, 3.8) is 0 Å². The number of aromatic nitrogens is 3. The SMILES string of the molecule is CN(Cc1ncn[nH]1)C(=O)c1ccc(Br)s1. The van der Waals surface area contributed by atoms with Crippen LogP contribution in [-0.4, -0.2) is 33.0 Å². The smallest absolute Gasteiger partial charge is 0.264 e. The van der Waals surface area contributed by atoms with Crippen molar-refractivity contribution in [3.8, 4) is 0 Å². The number of nitrogens with one attached hydrogen (secondary N) is 1. The molecule has 2 heterocycles. The van der Waals surface area contributed by atoms with E-state index in [1.165, 1.54) is 17.7 Å². The number of thiophene rings is 1. The van der Waals surface area contributed by atoms with Crippen molar-refractivity contribution in [1.82, 2.24) is 20.1 Å². The van der Waals surface area contributed by atoms with E-state index in [2.05, 4.69) is 31.1 Å². The van der Waals surface area contributed by atoms with Crippen LogP contribution in [0.3, 0.4) is 0 Å². The molecule has 0 bridgehead atoms. The largest absolute Gasteiger partial charge is 0.333 e. The zero-order chi connectivity index (χ0) is 11.5. The van der Waals surface area contributed by atoms with Gasteiger partial charge in [0, 0.05) is 7.05 Å². The fraction of sp³-hybridized carbons (Fsp3) is 0.222. The van der Waals surface area contributed by atoms with E-state index in [1.807, 2.05) is 6.07 Å². The van der Waals surface area contributed by atoms with Gasteiger partial charge in [0.15, 0.2) is 0 Å². The van der Waals surface area contributed by atoms with Gasteiger partial charge in [0.2, 0.25) is 0 Å². The minimum Gasteiger partial charge on any atom is -0.333 e. The number of carbonyl (C=O) groups excluding carboxylic acids is 1. The summed E-state index contributed by atoms with van der Waals surface area (Å²) in [5.41, 5.74) is 0. The normalized spacial score (nSPS) is 10.4. The Bertz CT molecular complexity index is 481. The second-order valence-electron chi connectivity index (χ2n) is 3.20. The Labute approximate surface area is 105 Å².